The Morgan fingerprint density at radius 1 is 1.28 bits per heavy atom. The number of benzene rings is 1. The Morgan fingerprint density at radius 2 is 1.88 bits per heavy atom. The lowest BCUT2D eigenvalue weighted by Gasteiger charge is -2.41. The van der Waals surface area contributed by atoms with Crippen molar-refractivity contribution in [2.75, 3.05) is 13.1 Å². The lowest BCUT2D eigenvalue weighted by atomic mass is 9.70. The molecule has 1 aliphatic heterocycles. The van der Waals surface area contributed by atoms with Crippen molar-refractivity contribution in [1.82, 2.24) is 4.90 Å². The molecule has 0 atom stereocenters. The Hall–Kier alpha value is -2.11. The summed E-state index contributed by atoms with van der Waals surface area (Å²) in [5.74, 6) is -1.26. The summed E-state index contributed by atoms with van der Waals surface area (Å²) >= 11 is 0. The first kappa shape index (κ1) is 19.2. The normalized spacial score (nSPS) is 17.2. The van der Waals surface area contributed by atoms with Crippen LogP contribution in [0.1, 0.15) is 51.2 Å². The highest BCUT2D eigenvalue weighted by Crippen LogP contribution is 2.39. The number of likely N-dealkylation sites (tertiary alicyclic amines) is 1. The van der Waals surface area contributed by atoms with E-state index >= 15 is 0 Å². The molecule has 0 aliphatic carbocycles. The van der Waals surface area contributed by atoms with Gasteiger partial charge in [0.15, 0.2) is 0 Å². The van der Waals surface area contributed by atoms with E-state index in [0.717, 1.165) is 0 Å². The average Bonchev–Trinajstić information content (AvgIpc) is 2.48. The molecule has 5 nitrogen and oxygen atoms in total. The lowest BCUT2D eigenvalue weighted by Crippen LogP contribution is -2.47. The van der Waals surface area contributed by atoms with E-state index in [4.69, 9.17) is 4.74 Å². The highest BCUT2D eigenvalue weighted by molar-refractivity contribution is 5.70. The van der Waals surface area contributed by atoms with Gasteiger partial charge in [0.05, 0.1) is 6.42 Å². The number of hydrogen-bond acceptors (Lipinski definition) is 3. The van der Waals surface area contributed by atoms with Gasteiger partial charge in [-0.3, -0.25) is 4.79 Å². The van der Waals surface area contributed by atoms with Gasteiger partial charge in [0.25, 0.3) is 0 Å². The molecule has 25 heavy (non-hydrogen) atoms. The second kappa shape index (κ2) is 7.02. The zero-order chi connectivity index (χ0) is 18.8. The number of ether oxygens (including phenoxy) is 1. The summed E-state index contributed by atoms with van der Waals surface area (Å²) in [5.41, 5.74) is -0.0340. The van der Waals surface area contributed by atoms with Crippen LogP contribution in [0.4, 0.5) is 9.18 Å². The Kier molecular flexibility index (Phi) is 5.40. The summed E-state index contributed by atoms with van der Waals surface area (Å²) in [6.07, 6.45) is 0.436. The maximum absolute atomic E-state index is 14.0. The number of carbonyl (C=O) groups excluding carboxylic acids is 1. The van der Waals surface area contributed by atoms with Crippen molar-refractivity contribution in [3.63, 3.8) is 0 Å². The fourth-order valence-corrected chi connectivity index (χ4v) is 3.22. The SMILES string of the molecule is Cc1ccc(C2(CC(=O)O)CCN(C(=O)OC(C)(C)C)CC2)cc1F. The van der Waals surface area contributed by atoms with Crippen molar-refractivity contribution < 1.29 is 23.8 Å². The van der Waals surface area contributed by atoms with Crippen LogP contribution in [0, 0.1) is 12.7 Å². The second-order valence-electron chi connectivity index (χ2n) is 7.78. The van der Waals surface area contributed by atoms with Gasteiger partial charge in [0.1, 0.15) is 11.4 Å². The molecule has 1 saturated heterocycles. The average molecular weight is 351 g/mol. The Morgan fingerprint density at radius 3 is 2.36 bits per heavy atom. The summed E-state index contributed by atoms with van der Waals surface area (Å²) in [7, 11) is 0. The van der Waals surface area contributed by atoms with Crippen LogP contribution in [0.25, 0.3) is 0 Å². The monoisotopic (exact) mass is 351 g/mol. The molecule has 0 radical (unpaired) electrons. The van der Waals surface area contributed by atoms with Crippen molar-refractivity contribution in [3.05, 3.63) is 35.1 Å². The molecule has 1 aliphatic rings. The van der Waals surface area contributed by atoms with Crippen LogP contribution >= 0.6 is 0 Å². The summed E-state index contributed by atoms with van der Waals surface area (Å²) < 4.78 is 19.4. The number of amides is 1. The molecule has 0 aromatic heterocycles. The molecule has 1 heterocycles. The summed E-state index contributed by atoms with van der Waals surface area (Å²) in [6.45, 7) is 7.86. The van der Waals surface area contributed by atoms with Gasteiger partial charge in [0, 0.05) is 18.5 Å². The number of rotatable bonds is 3. The van der Waals surface area contributed by atoms with Gasteiger partial charge < -0.3 is 14.7 Å². The van der Waals surface area contributed by atoms with E-state index in [1.165, 1.54) is 6.07 Å². The van der Waals surface area contributed by atoms with Gasteiger partial charge in [-0.15, -0.1) is 0 Å². The van der Waals surface area contributed by atoms with Gasteiger partial charge in [-0.25, -0.2) is 9.18 Å². The molecular formula is C19H26FNO4. The van der Waals surface area contributed by atoms with Gasteiger partial charge in [-0.2, -0.15) is 0 Å². The van der Waals surface area contributed by atoms with Gasteiger partial charge in [0.2, 0.25) is 0 Å². The van der Waals surface area contributed by atoms with Gasteiger partial charge in [-0.05, 0) is 57.7 Å². The Bertz CT molecular complexity index is 658. The quantitative estimate of drug-likeness (QED) is 0.897. The predicted molar refractivity (Wildman–Crippen MR) is 92.1 cm³/mol. The third-order valence-electron chi connectivity index (χ3n) is 4.65. The van der Waals surface area contributed by atoms with Crippen molar-refractivity contribution in [2.24, 2.45) is 0 Å². The highest BCUT2D eigenvalue weighted by Gasteiger charge is 2.40. The van der Waals surface area contributed by atoms with Crippen LogP contribution in [0.3, 0.4) is 0 Å². The number of nitrogens with zero attached hydrogens (tertiary/aromatic N) is 1. The first-order chi connectivity index (χ1) is 11.5. The predicted octanol–water partition coefficient (Wildman–Crippen LogP) is 3.88. The summed E-state index contributed by atoms with van der Waals surface area (Å²) in [6, 6.07) is 4.90. The minimum Gasteiger partial charge on any atom is -0.481 e. The first-order valence-electron chi connectivity index (χ1n) is 8.49. The largest absolute Gasteiger partial charge is 0.481 e. The molecule has 0 spiro atoms. The van der Waals surface area contributed by atoms with Crippen LogP contribution in [0.5, 0.6) is 0 Å². The number of aliphatic carboxylic acids is 1. The van der Waals surface area contributed by atoms with Crippen LogP contribution < -0.4 is 0 Å². The van der Waals surface area contributed by atoms with Gasteiger partial charge in [-0.1, -0.05) is 12.1 Å². The smallest absolute Gasteiger partial charge is 0.410 e. The molecule has 1 N–H and O–H groups in total. The van der Waals surface area contributed by atoms with E-state index in [0.29, 0.717) is 37.1 Å². The minimum atomic E-state index is -0.924. The molecular weight excluding hydrogens is 325 g/mol. The zero-order valence-corrected chi connectivity index (χ0v) is 15.3. The van der Waals surface area contributed by atoms with E-state index in [1.807, 2.05) is 0 Å². The highest BCUT2D eigenvalue weighted by atomic mass is 19.1. The summed E-state index contributed by atoms with van der Waals surface area (Å²) in [5, 5.41) is 9.35. The maximum atomic E-state index is 14.0. The van der Waals surface area contributed by atoms with Gasteiger partial charge >= 0.3 is 12.1 Å². The van der Waals surface area contributed by atoms with Crippen molar-refractivity contribution in [3.8, 4) is 0 Å². The number of carboxylic acid groups (broad SMARTS) is 1. The molecule has 0 bridgehead atoms. The molecule has 1 amide bonds. The van der Waals surface area contributed by atoms with Crippen molar-refractivity contribution >= 4 is 12.1 Å². The molecule has 1 fully saturated rings. The number of carbonyl (C=O) groups is 2. The molecule has 1 aromatic carbocycles. The number of aryl methyl sites for hydroxylation is 1. The lowest BCUT2D eigenvalue weighted by molar-refractivity contribution is -0.139. The molecule has 6 heteroatoms. The van der Waals surface area contributed by atoms with Crippen LogP contribution in [0.15, 0.2) is 18.2 Å². The Balaban J connectivity index is 2.20. The third-order valence-corrected chi connectivity index (χ3v) is 4.65. The van der Waals surface area contributed by atoms with E-state index in [9.17, 15) is 19.1 Å². The van der Waals surface area contributed by atoms with Crippen LogP contribution in [-0.4, -0.2) is 40.8 Å². The standard InChI is InChI=1S/C19H26FNO4/c1-13-5-6-14(11-15(13)20)19(12-16(22)23)7-9-21(10-8-19)17(24)25-18(2,3)4/h5-6,11H,7-10,12H2,1-4H3,(H,22,23). The Labute approximate surface area is 147 Å². The van der Waals surface area contributed by atoms with Crippen LogP contribution in [0.2, 0.25) is 0 Å². The van der Waals surface area contributed by atoms with Crippen molar-refractivity contribution in [1.29, 1.82) is 0 Å². The van der Waals surface area contributed by atoms with E-state index in [-0.39, 0.29) is 12.2 Å². The fraction of sp³-hybridized carbons (Fsp3) is 0.579. The molecule has 2 rings (SSSR count). The summed E-state index contributed by atoms with van der Waals surface area (Å²) in [4.78, 5) is 25.2. The van der Waals surface area contributed by atoms with Crippen LogP contribution in [-0.2, 0) is 14.9 Å². The van der Waals surface area contributed by atoms with Crippen molar-refractivity contribution in [2.45, 2.75) is 58.0 Å². The topological polar surface area (TPSA) is 66.8 Å². The number of piperidine rings is 1. The molecule has 138 valence electrons. The number of halogens is 1. The number of carboxylic acids is 1. The third kappa shape index (κ3) is 4.71. The zero-order valence-electron chi connectivity index (χ0n) is 15.3. The van der Waals surface area contributed by atoms with E-state index in [2.05, 4.69) is 0 Å². The maximum Gasteiger partial charge on any atom is 0.410 e. The fourth-order valence-electron chi connectivity index (χ4n) is 3.22. The first-order valence-corrected chi connectivity index (χ1v) is 8.49. The van der Waals surface area contributed by atoms with E-state index < -0.39 is 23.1 Å². The van der Waals surface area contributed by atoms with E-state index in [1.54, 1.807) is 44.7 Å². The minimum absolute atomic E-state index is 0.0857. The molecule has 0 saturated carbocycles. The second-order valence-corrected chi connectivity index (χ2v) is 7.78. The number of hydrogen-bond donors (Lipinski definition) is 1. The molecule has 0 unspecified atom stereocenters. The molecule has 1 aromatic rings.